The zero-order chi connectivity index (χ0) is 22.0. The Morgan fingerprint density at radius 3 is 2.48 bits per heavy atom. The summed E-state index contributed by atoms with van der Waals surface area (Å²) in [5, 5.41) is 14.9. The molecule has 1 N–H and O–H groups in total. The topological polar surface area (TPSA) is 94.4 Å². The molecule has 7 nitrogen and oxygen atoms in total. The second-order valence-corrected chi connectivity index (χ2v) is 8.22. The number of anilines is 1. The molecule has 0 aliphatic heterocycles. The number of hydrogen-bond acceptors (Lipinski definition) is 5. The zero-order valence-electron chi connectivity index (χ0n) is 17.6. The molecule has 3 aromatic rings. The maximum atomic E-state index is 13.6. The van der Waals surface area contributed by atoms with Crippen molar-refractivity contribution in [3.05, 3.63) is 70.4 Å². The lowest BCUT2D eigenvalue weighted by Gasteiger charge is -2.28. The van der Waals surface area contributed by atoms with Gasteiger partial charge in [0.2, 0.25) is 5.91 Å². The molecule has 1 saturated carbocycles. The zero-order valence-corrected chi connectivity index (χ0v) is 17.6. The van der Waals surface area contributed by atoms with E-state index < -0.39 is 10.3 Å². The molecule has 1 aliphatic rings. The van der Waals surface area contributed by atoms with Gasteiger partial charge in [-0.2, -0.15) is 0 Å². The average molecular weight is 419 g/mol. The van der Waals surface area contributed by atoms with Crippen molar-refractivity contribution in [1.29, 1.82) is 0 Å². The first-order chi connectivity index (χ1) is 14.9. The number of ether oxygens (including phenoxy) is 1. The second-order valence-electron chi connectivity index (χ2n) is 8.22. The first-order valence-electron chi connectivity index (χ1n) is 10.5. The monoisotopic (exact) mass is 419 g/mol. The normalized spacial score (nSPS) is 15.2. The van der Waals surface area contributed by atoms with Crippen molar-refractivity contribution in [2.75, 3.05) is 5.32 Å². The van der Waals surface area contributed by atoms with Gasteiger partial charge in [0.1, 0.15) is 11.3 Å². The SMILES string of the molecule is CC(C)Oc1ccc(NC(=O)C2(c3ccc([N+](=O)[O-])cc3)CCCC2)c2cccnc12. The Bertz CT molecular complexity index is 1120. The number of nitro benzene ring substituents is 1. The van der Waals surface area contributed by atoms with Crippen LogP contribution in [-0.4, -0.2) is 21.9 Å². The van der Waals surface area contributed by atoms with Crippen LogP contribution in [0.1, 0.15) is 45.1 Å². The van der Waals surface area contributed by atoms with Gasteiger partial charge in [0.25, 0.3) is 5.69 Å². The lowest BCUT2D eigenvalue weighted by molar-refractivity contribution is -0.384. The molecular formula is C24H25N3O4. The molecule has 0 radical (unpaired) electrons. The number of fused-ring (bicyclic) bond motifs is 1. The van der Waals surface area contributed by atoms with E-state index in [9.17, 15) is 14.9 Å². The minimum Gasteiger partial charge on any atom is -0.489 e. The maximum Gasteiger partial charge on any atom is 0.269 e. The molecule has 1 aliphatic carbocycles. The van der Waals surface area contributed by atoms with Gasteiger partial charge in [0.05, 0.1) is 22.1 Å². The highest BCUT2D eigenvalue weighted by Crippen LogP contribution is 2.43. The van der Waals surface area contributed by atoms with E-state index in [2.05, 4.69) is 10.3 Å². The Kier molecular flexibility index (Phi) is 5.59. The van der Waals surface area contributed by atoms with Gasteiger partial charge in [-0.05, 0) is 56.5 Å². The summed E-state index contributed by atoms with van der Waals surface area (Å²) in [4.78, 5) is 28.6. The number of nitrogens with one attached hydrogen (secondary N) is 1. The summed E-state index contributed by atoms with van der Waals surface area (Å²) in [7, 11) is 0. The Hall–Kier alpha value is -3.48. The minimum absolute atomic E-state index is 0.00884. The van der Waals surface area contributed by atoms with Crippen LogP contribution >= 0.6 is 0 Å². The van der Waals surface area contributed by atoms with Gasteiger partial charge in [0, 0.05) is 23.7 Å². The van der Waals surface area contributed by atoms with E-state index in [1.54, 1.807) is 18.3 Å². The molecule has 0 bridgehead atoms. The summed E-state index contributed by atoms with van der Waals surface area (Å²) in [6.07, 6.45) is 5.01. The summed E-state index contributed by atoms with van der Waals surface area (Å²) in [6, 6.07) is 13.8. The van der Waals surface area contributed by atoms with E-state index in [0.717, 1.165) is 23.8 Å². The van der Waals surface area contributed by atoms with E-state index >= 15 is 0 Å². The van der Waals surface area contributed by atoms with Crippen LogP contribution < -0.4 is 10.1 Å². The Morgan fingerprint density at radius 1 is 1.13 bits per heavy atom. The molecule has 0 spiro atoms. The second kappa shape index (κ2) is 8.34. The predicted octanol–water partition coefficient (Wildman–Crippen LogP) is 5.38. The van der Waals surface area contributed by atoms with E-state index in [1.165, 1.54) is 12.1 Å². The Balaban J connectivity index is 1.69. The summed E-state index contributed by atoms with van der Waals surface area (Å²) in [6.45, 7) is 3.91. The van der Waals surface area contributed by atoms with Crippen LogP contribution in [0.5, 0.6) is 5.75 Å². The van der Waals surface area contributed by atoms with E-state index in [4.69, 9.17) is 4.74 Å². The number of nitrogens with zero attached hydrogens (tertiary/aromatic N) is 2. The maximum absolute atomic E-state index is 13.6. The molecule has 1 amide bonds. The van der Waals surface area contributed by atoms with Gasteiger partial charge >= 0.3 is 0 Å². The van der Waals surface area contributed by atoms with Gasteiger partial charge in [-0.15, -0.1) is 0 Å². The van der Waals surface area contributed by atoms with Crippen molar-refractivity contribution in [3.63, 3.8) is 0 Å². The molecule has 0 unspecified atom stereocenters. The van der Waals surface area contributed by atoms with Crippen LogP contribution in [0.3, 0.4) is 0 Å². The fraction of sp³-hybridized carbons (Fsp3) is 0.333. The first kappa shape index (κ1) is 20.8. The summed E-state index contributed by atoms with van der Waals surface area (Å²) in [5.74, 6) is 0.580. The number of aromatic nitrogens is 1. The van der Waals surface area contributed by atoms with Crippen LogP contribution in [0.2, 0.25) is 0 Å². The molecule has 1 fully saturated rings. The number of nitro groups is 1. The molecule has 4 rings (SSSR count). The summed E-state index contributed by atoms with van der Waals surface area (Å²) < 4.78 is 5.88. The molecule has 0 saturated heterocycles. The molecule has 31 heavy (non-hydrogen) atoms. The van der Waals surface area contributed by atoms with Gasteiger partial charge in [-0.1, -0.05) is 25.0 Å². The van der Waals surface area contributed by atoms with Crippen molar-refractivity contribution in [3.8, 4) is 5.75 Å². The Morgan fingerprint density at radius 2 is 1.84 bits per heavy atom. The largest absolute Gasteiger partial charge is 0.489 e. The van der Waals surface area contributed by atoms with Gasteiger partial charge < -0.3 is 10.1 Å². The van der Waals surface area contributed by atoms with Crippen molar-refractivity contribution in [1.82, 2.24) is 4.98 Å². The van der Waals surface area contributed by atoms with Crippen LogP contribution in [0.25, 0.3) is 10.9 Å². The number of non-ortho nitro benzene ring substituents is 1. The highest BCUT2D eigenvalue weighted by molar-refractivity contribution is 6.06. The smallest absolute Gasteiger partial charge is 0.269 e. The van der Waals surface area contributed by atoms with Crippen LogP contribution in [0.15, 0.2) is 54.7 Å². The van der Waals surface area contributed by atoms with Gasteiger partial charge in [-0.3, -0.25) is 19.9 Å². The summed E-state index contributed by atoms with van der Waals surface area (Å²) in [5.41, 5.74) is 1.52. The highest BCUT2D eigenvalue weighted by Gasteiger charge is 2.43. The molecule has 1 heterocycles. The van der Waals surface area contributed by atoms with E-state index in [0.29, 0.717) is 29.8 Å². The standard InChI is InChI=1S/C24H25N3O4/c1-16(2)31-21-12-11-20(19-6-5-15-25-22(19)21)26-23(28)24(13-3-4-14-24)17-7-9-18(10-8-17)27(29)30/h5-12,15-16H,3-4,13-14H2,1-2H3,(H,26,28). The highest BCUT2D eigenvalue weighted by atomic mass is 16.6. The quantitative estimate of drug-likeness (QED) is 0.427. The number of carbonyl (C=O) groups is 1. The number of benzene rings is 2. The van der Waals surface area contributed by atoms with Crippen LogP contribution in [-0.2, 0) is 10.2 Å². The van der Waals surface area contributed by atoms with E-state index in [-0.39, 0.29) is 17.7 Å². The lowest BCUT2D eigenvalue weighted by atomic mass is 9.78. The third-order valence-corrected chi connectivity index (χ3v) is 5.87. The molecule has 2 aromatic carbocycles. The number of hydrogen-bond donors (Lipinski definition) is 1. The van der Waals surface area contributed by atoms with Crippen LogP contribution in [0, 0.1) is 10.1 Å². The molecule has 7 heteroatoms. The van der Waals surface area contributed by atoms with Gasteiger partial charge in [-0.25, -0.2) is 0 Å². The van der Waals surface area contributed by atoms with Crippen molar-refractivity contribution in [2.45, 2.75) is 51.0 Å². The van der Waals surface area contributed by atoms with Crippen molar-refractivity contribution in [2.24, 2.45) is 0 Å². The fourth-order valence-corrected chi connectivity index (χ4v) is 4.37. The van der Waals surface area contributed by atoms with Gasteiger partial charge in [0.15, 0.2) is 0 Å². The molecule has 1 aromatic heterocycles. The molecule has 0 atom stereocenters. The van der Waals surface area contributed by atoms with Crippen molar-refractivity contribution >= 4 is 28.2 Å². The lowest BCUT2D eigenvalue weighted by Crippen LogP contribution is -2.38. The predicted molar refractivity (Wildman–Crippen MR) is 119 cm³/mol. The minimum atomic E-state index is -0.698. The third-order valence-electron chi connectivity index (χ3n) is 5.87. The van der Waals surface area contributed by atoms with E-state index in [1.807, 2.05) is 38.1 Å². The Labute approximate surface area is 180 Å². The van der Waals surface area contributed by atoms with Crippen LogP contribution in [0.4, 0.5) is 11.4 Å². The summed E-state index contributed by atoms with van der Waals surface area (Å²) >= 11 is 0. The first-order valence-corrected chi connectivity index (χ1v) is 10.5. The molecular weight excluding hydrogens is 394 g/mol. The average Bonchev–Trinajstić information content (AvgIpc) is 3.26. The number of pyridine rings is 1. The fourth-order valence-electron chi connectivity index (χ4n) is 4.37. The third kappa shape index (κ3) is 3.95. The number of rotatable bonds is 6. The number of carbonyl (C=O) groups excluding carboxylic acids is 1. The molecule has 160 valence electrons. The number of amides is 1. The van der Waals surface area contributed by atoms with Crippen molar-refractivity contribution < 1.29 is 14.5 Å².